The average Bonchev–Trinajstić information content (AvgIpc) is 2.01. The molecule has 0 aliphatic carbocycles. The van der Waals surface area contributed by atoms with Crippen LogP contribution in [0.15, 0.2) is 12.2 Å². The fourth-order valence-electron chi connectivity index (χ4n) is 0.583. The molecule has 0 bridgehead atoms. The summed E-state index contributed by atoms with van der Waals surface area (Å²) in [5.41, 5.74) is 0. The highest BCUT2D eigenvalue weighted by Crippen LogP contribution is 1.93. The molecular formula is C9H11ClO2. The van der Waals surface area contributed by atoms with E-state index >= 15 is 0 Å². The highest BCUT2D eigenvalue weighted by atomic mass is 35.5. The Balaban J connectivity index is 3.81. The van der Waals surface area contributed by atoms with Crippen molar-refractivity contribution in [3.8, 4) is 11.8 Å². The van der Waals surface area contributed by atoms with Gasteiger partial charge in [-0.05, 0) is 19.9 Å². The van der Waals surface area contributed by atoms with Crippen molar-refractivity contribution in [1.82, 2.24) is 0 Å². The van der Waals surface area contributed by atoms with Gasteiger partial charge in [0.05, 0.1) is 0 Å². The van der Waals surface area contributed by atoms with Gasteiger partial charge in [0.15, 0.2) is 0 Å². The van der Waals surface area contributed by atoms with E-state index in [9.17, 15) is 4.79 Å². The highest BCUT2D eigenvalue weighted by molar-refractivity contribution is 6.18. The molecule has 0 saturated carbocycles. The molecular weight excluding hydrogens is 176 g/mol. The first kappa shape index (κ1) is 11.1. The van der Waals surface area contributed by atoms with E-state index in [1.165, 1.54) is 0 Å². The van der Waals surface area contributed by atoms with Crippen LogP contribution in [0.5, 0.6) is 0 Å². The lowest BCUT2D eigenvalue weighted by Gasteiger charge is -2.04. The predicted molar refractivity (Wildman–Crippen MR) is 48.9 cm³/mol. The smallest absolute Gasteiger partial charge is 0.384 e. The summed E-state index contributed by atoms with van der Waals surface area (Å²) in [4.78, 5) is 10.8. The van der Waals surface area contributed by atoms with Gasteiger partial charge in [-0.3, -0.25) is 0 Å². The minimum absolute atomic E-state index is 0.267. The van der Waals surface area contributed by atoms with Gasteiger partial charge in [0.2, 0.25) is 0 Å². The maximum Gasteiger partial charge on any atom is 0.384 e. The molecule has 2 nitrogen and oxygen atoms in total. The lowest BCUT2D eigenvalue weighted by Crippen LogP contribution is -2.10. The number of carbonyl (C=O) groups is 1. The summed E-state index contributed by atoms with van der Waals surface area (Å²) in [6, 6.07) is 0. The van der Waals surface area contributed by atoms with Crippen molar-refractivity contribution in [3.05, 3.63) is 12.2 Å². The van der Waals surface area contributed by atoms with Crippen LogP contribution in [-0.4, -0.2) is 18.0 Å². The summed E-state index contributed by atoms with van der Waals surface area (Å²) in [6.45, 7) is 3.33. The van der Waals surface area contributed by atoms with Gasteiger partial charge in [-0.25, -0.2) is 4.79 Å². The number of rotatable bonds is 3. The van der Waals surface area contributed by atoms with Crippen LogP contribution in [-0.2, 0) is 9.53 Å². The van der Waals surface area contributed by atoms with Crippen LogP contribution < -0.4 is 0 Å². The molecule has 0 amide bonds. The number of ether oxygens (including phenoxy) is 1. The van der Waals surface area contributed by atoms with E-state index in [-0.39, 0.29) is 6.10 Å². The monoisotopic (exact) mass is 186 g/mol. The molecule has 3 heteroatoms. The van der Waals surface area contributed by atoms with Gasteiger partial charge < -0.3 is 4.74 Å². The quantitative estimate of drug-likeness (QED) is 0.221. The van der Waals surface area contributed by atoms with Crippen LogP contribution in [0.3, 0.4) is 0 Å². The van der Waals surface area contributed by atoms with Gasteiger partial charge in [-0.2, -0.15) is 0 Å². The van der Waals surface area contributed by atoms with Gasteiger partial charge >= 0.3 is 5.97 Å². The lowest BCUT2D eigenvalue weighted by atomic mass is 10.3. The molecule has 0 saturated heterocycles. The molecule has 0 aromatic heterocycles. The Bertz CT molecular complexity index is 222. The zero-order chi connectivity index (χ0) is 9.40. The first-order valence-electron chi connectivity index (χ1n) is 3.56. The summed E-state index contributed by atoms with van der Waals surface area (Å²) < 4.78 is 4.83. The van der Waals surface area contributed by atoms with Crippen LogP contribution >= 0.6 is 11.6 Å². The first-order valence-corrected chi connectivity index (χ1v) is 4.10. The molecule has 0 spiro atoms. The van der Waals surface area contributed by atoms with Crippen LogP contribution in [0.25, 0.3) is 0 Å². The Labute approximate surface area is 77.5 Å². The fraction of sp³-hybridized carbons (Fsp3) is 0.444. The van der Waals surface area contributed by atoms with Crippen molar-refractivity contribution in [2.24, 2.45) is 0 Å². The average molecular weight is 187 g/mol. The summed E-state index contributed by atoms with van der Waals surface area (Å²) in [6.07, 6.45) is 3.17. The molecule has 66 valence electrons. The molecule has 1 unspecified atom stereocenters. The van der Waals surface area contributed by atoms with Crippen LogP contribution in [0.4, 0.5) is 0 Å². The van der Waals surface area contributed by atoms with Gasteiger partial charge in [0.25, 0.3) is 0 Å². The van der Waals surface area contributed by atoms with Crippen molar-refractivity contribution >= 4 is 17.6 Å². The third kappa shape index (κ3) is 5.82. The second kappa shape index (κ2) is 6.75. The first-order chi connectivity index (χ1) is 5.70. The number of halogens is 1. The molecule has 1 atom stereocenters. The Kier molecular flexibility index (Phi) is 6.22. The number of hydrogen-bond acceptors (Lipinski definition) is 2. The molecule has 0 heterocycles. The summed E-state index contributed by atoms with van der Waals surface area (Å²) in [5.74, 6) is 4.64. The van der Waals surface area contributed by atoms with Crippen molar-refractivity contribution < 1.29 is 9.53 Å². The topological polar surface area (TPSA) is 26.3 Å². The second-order valence-corrected chi connectivity index (χ2v) is 2.38. The molecule has 12 heavy (non-hydrogen) atoms. The van der Waals surface area contributed by atoms with Crippen molar-refractivity contribution in [3.63, 3.8) is 0 Å². The van der Waals surface area contributed by atoms with E-state index in [0.29, 0.717) is 5.88 Å². The second-order valence-electron chi connectivity index (χ2n) is 2.07. The minimum Gasteiger partial charge on any atom is -0.449 e. The Morgan fingerprint density at radius 2 is 2.42 bits per heavy atom. The molecule has 0 fully saturated rings. The summed E-state index contributed by atoms with van der Waals surface area (Å²) in [5, 5.41) is 0. The van der Waals surface area contributed by atoms with Gasteiger partial charge in [0.1, 0.15) is 6.10 Å². The van der Waals surface area contributed by atoms with Gasteiger partial charge in [-0.15, -0.1) is 11.6 Å². The van der Waals surface area contributed by atoms with Crippen LogP contribution in [0, 0.1) is 11.8 Å². The van der Waals surface area contributed by atoms with Crippen LogP contribution in [0.2, 0.25) is 0 Å². The third-order valence-electron chi connectivity index (χ3n) is 1.02. The van der Waals surface area contributed by atoms with E-state index < -0.39 is 5.97 Å². The van der Waals surface area contributed by atoms with Gasteiger partial charge in [0, 0.05) is 11.8 Å². The lowest BCUT2D eigenvalue weighted by molar-refractivity contribution is -0.139. The fourth-order valence-corrected chi connectivity index (χ4v) is 0.686. The maximum absolute atomic E-state index is 10.8. The van der Waals surface area contributed by atoms with Crippen LogP contribution in [0.1, 0.15) is 13.8 Å². The Hall–Kier alpha value is -0.940. The van der Waals surface area contributed by atoms with Crippen molar-refractivity contribution in [1.29, 1.82) is 0 Å². The van der Waals surface area contributed by atoms with E-state index in [4.69, 9.17) is 16.3 Å². The SMILES string of the molecule is CC#CC(=O)OC(C)/C=C/CCl. The number of esters is 1. The molecule has 0 N–H and O–H groups in total. The summed E-state index contributed by atoms with van der Waals surface area (Å²) in [7, 11) is 0. The molecule has 0 aliphatic heterocycles. The summed E-state index contributed by atoms with van der Waals surface area (Å²) >= 11 is 5.39. The largest absolute Gasteiger partial charge is 0.449 e. The third-order valence-corrected chi connectivity index (χ3v) is 1.19. The zero-order valence-corrected chi connectivity index (χ0v) is 7.89. The van der Waals surface area contributed by atoms with Crippen molar-refractivity contribution in [2.45, 2.75) is 20.0 Å². The highest BCUT2D eigenvalue weighted by Gasteiger charge is 2.01. The number of allylic oxidation sites excluding steroid dienone is 1. The van der Waals surface area contributed by atoms with E-state index in [1.807, 2.05) is 0 Å². The van der Waals surface area contributed by atoms with E-state index in [1.54, 1.807) is 26.0 Å². The molecule has 0 aromatic rings. The van der Waals surface area contributed by atoms with E-state index in [2.05, 4.69) is 11.8 Å². The van der Waals surface area contributed by atoms with Gasteiger partial charge in [-0.1, -0.05) is 12.0 Å². The number of carbonyl (C=O) groups excluding carboxylic acids is 1. The minimum atomic E-state index is -0.510. The molecule has 0 aliphatic rings. The number of alkyl halides is 1. The normalized spacial score (nSPS) is 11.9. The molecule has 0 radical (unpaired) electrons. The maximum atomic E-state index is 10.8. The van der Waals surface area contributed by atoms with E-state index in [0.717, 1.165) is 0 Å². The molecule has 0 rings (SSSR count). The standard InChI is InChI=1S/C9H11ClO2/c1-3-5-9(11)12-8(2)6-4-7-10/h4,6,8H,7H2,1-2H3/b6-4+. The Morgan fingerprint density at radius 1 is 1.75 bits per heavy atom. The van der Waals surface area contributed by atoms with Crippen molar-refractivity contribution in [2.75, 3.05) is 5.88 Å². The number of hydrogen-bond donors (Lipinski definition) is 0. The predicted octanol–water partition coefficient (Wildman–Crippen LogP) is 1.74. The Morgan fingerprint density at radius 3 is 2.92 bits per heavy atom. The zero-order valence-electron chi connectivity index (χ0n) is 7.13. The molecule has 0 aromatic carbocycles.